The number of carbonyl (C=O) groups is 1. The first-order chi connectivity index (χ1) is 7.09. The van der Waals surface area contributed by atoms with Crippen LogP contribution in [0, 0.1) is 0 Å². The van der Waals surface area contributed by atoms with Crippen LogP contribution in [0.4, 0.5) is 0 Å². The molecule has 0 radical (unpaired) electrons. The monoisotopic (exact) mass is 241 g/mol. The SMILES string of the molecule is CC(=O)Cc1c[nH]c2c(Cl)c(Cl)ccc12. The quantitative estimate of drug-likeness (QED) is 0.857. The third kappa shape index (κ3) is 1.87. The van der Waals surface area contributed by atoms with Crippen molar-refractivity contribution in [1.29, 1.82) is 0 Å². The molecule has 1 aromatic carbocycles. The maximum atomic E-state index is 11.0. The molecule has 0 spiro atoms. The Morgan fingerprint density at radius 3 is 2.80 bits per heavy atom. The molecule has 0 aliphatic carbocycles. The number of carbonyl (C=O) groups excluding carboxylic acids is 1. The second-order valence-corrected chi connectivity index (χ2v) is 4.26. The molecule has 2 rings (SSSR count). The predicted molar refractivity (Wildman–Crippen MR) is 62.7 cm³/mol. The van der Waals surface area contributed by atoms with Gasteiger partial charge in [-0.25, -0.2) is 0 Å². The van der Waals surface area contributed by atoms with E-state index in [0.717, 1.165) is 16.5 Å². The zero-order chi connectivity index (χ0) is 11.0. The maximum absolute atomic E-state index is 11.0. The van der Waals surface area contributed by atoms with Crippen molar-refractivity contribution in [2.24, 2.45) is 0 Å². The molecule has 2 aromatic rings. The summed E-state index contributed by atoms with van der Waals surface area (Å²) in [5.41, 5.74) is 1.75. The molecule has 0 bridgehead atoms. The molecule has 1 heterocycles. The molecule has 1 aromatic heterocycles. The highest BCUT2D eigenvalue weighted by Gasteiger charge is 2.10. The summed E-state index contributed by atoms with van der Waals surface area (Å²) in [6, 6.07) is 3.61. The average Bonchev–Trinajstić information content (AvgIpc) is 2.55. The third-order valence-electron chi connectivity index (χ3n) is 2.27. The highest BCUT2D eigenvalue weighted by atomic mass is 35.5. The van der Waals surface area contributed by atoms with Crippen LogP contribution in [0.2, 0.25) is 10.0 Å². The van der Waals surface area contributed by atoms with Crippen LogP contribution in [-0.2, 0) is 11.2 Å². The van der Waals surface area contributed by atoms with E-state index in [1.807, 2.05) is 6.07 Å². The molecule has 0 saturated carbocycles. The van der Waals surface area contributed by atoms with Gasteiger partial charge in [0.2, 0.25) is 0 Å². The van der Waals surface area contributed by atoms with Gasteiger partial charge in [0.15, 0.2) is 0 Å². The Labute approximate surface area is 97.2 Å². The summed E-state index contributed by atoms with van der Waals surface area (Å²) in [4.78, 5) is 14.1. The number of aromatic nitrogens is 1. The second kappa shape index (κ2) is 3.87. The average molecular weight is 242 g/mol. The van der Waals surface area contributed by atoms with E-state index in [0.29, 0.717) is 16.5 Å². The van der Waals surface area contributed by atoms with Gasteiger partial charge in [0.05, 0.1) is 15.6 Å². The number of fused-ring (bicyclic) bond motifs is 1. The molecule has 0 unspecified atom stereocenters. The summed E-state index contributed by atoms with van der Waals surface area (Å²) < 4.78 is 0. The van der Waals surface area contributed by atoms with Crippen molar-refractivity contribution in [2.45, 2.75) is 13.3 Å². The normalized spacial score (nSPS) is 10.9. The van der Waals surface area contributed by atoms with Crippen LogP contribution in [-0.4, -0.2) is 10.8 Å². The Morgan fingerprint density at radius 2 is 2.13 bits per heavy atom. The lowest BCUT2D eigenvalue weighted by Crippen LogP contribution is -1.94. The fraction of sp³-hybridized carbons (Fsp3) is 0.182. The van der Waals surface area contributed by atoms with Crippen molar-refractivity contribution >= 4 is 39.9 Å². The molecule has 1 N–H and O–H groups in total. The number of nitrogens with one attached hydrogen (secondary N) is 1. The van der Waals surface area contributed by atoms with Gasteiger partial charge < -0.3 is 4.98 Å². The molecule has 0 saturated heterocycles. The fourth-order valence-corrected chi connectivity index (χ4v) is 1.99. The minimum absolute atomic E-state index is 0.127. The van der Waals surface area contributed by atoms with Crippen molar-refractivity contribution in [3.8, 4) is 0 Å². The smallest absolute Gasteiger partial charge is 0.134 e. The number of benzene rings is 1. The number of aromatic amines is 1. The van der Waals surface area contributed by atoms with Crippen LogP contribution >= 0.6 is 23.2 Å². The van der Waals surface area contributed by atoms with Gasteiger partial charge >= 0.3 is 0 Å². The molecule has 0 fully saturated rings. The summed E-state index contributed by atoms with van der Waals surface area (Å²) in [6.45, 7) is 1.57. The van der Waals surface area contributed by atoms with Crippen molar-refractivity contribution in [3.63, 3.8) is 0 Å². The van der Waals surface area contributed by atoms with E-state index in [-0.39, 0.29) is 5.78 Å². The van der Waals surface area contributed by atoms with E-state index in [4.69, 9.17) is 23.2 Å². The predicted octanol–water partition coefficient (Wildman–Crippen LogP) is 3.61. The molecule has 0 aliphatic rings. The molecular formula is C11H9Cl2NO. The zero-order valence-electron chi connectivity index (χ0n) is 8.10. The van der Waals surface area contributed by atoms with Crippen LogP contribution in [0.3, 0.4) is 0 Å². The van der Waals surface area contributed by atoms with Crippen molar-refractivity contribution in [3.05, 3.63) is 33.9 Å². The molecule has 15 heavy (non-hydrogen) atoms. The van der Waals surface area contributed by atoms with Gasteiger partial charge in [0.1, 0.15) is 5.78 Å². The molecule has 0 amide bonds. The van der Waals surface area contributed by atoms with Crippen LogP contribution < -0.4 is 0 Å². The summed E-state index contributed by atoms with van der Waals surface area (Å²) in [6.07, 6.45) is 2.21. The summed E-state index contributed by atoms with van der Waals surface area (Å²) in [5, 5.41) is 1.98. The molecule has 78 valence electrons. The molecule has 4 heteroatoms. The van der Waals surface area contributed by atoms with Crippen molar-refractivity contribution < 1.29 is 4.79 Å². The van der Waals surface area contributed by atoms with Gasteiger partial charge in [-0.2, -0.15) is 0 Å². The third-order valence-corrected chi connectivity index (χ3v) is 3.08. The molecule has 0 atom stereocenters. The number of hydrogen-bond donors (Lipinski definition) is 1. The van der Waals surface area contributed by atoms with Crippen LogP contribution in [0.5, 0.6) is 0 Å². The van der Waals surface area contributed by atoms with E-state index < -0.39 is 0 Å². The Kier molecular flexibility index (Phi) is 2.72. The lowest BCUT2D eigenvalue weighted by Gasteiger charge is -1.98. The lowest BCUT2D eigenvalue weighted by molar-refractivity contribution is -0.116. The van der Waals surface area contributed by atoms with Crippen LogP contribution in [0.1, 0.15) is 12.5 Å². The van der Waals surface area contributed by atoms with Gasteiger partial charge in [0.25, 0.3) is 0 Å². The number of H-pyrrole nitrogens is 1. The summed E-state index contributed by atoms with van der Waals surface area (Å²) in [7, 11) is 0. The minimum Gasteiger partial charge on any atom is -0.360 e. The van der Waals surface area contributed by atoms with E-state index >= 15 is 0 Å². The molecule has 0 aliphatic heterocycles. The highest BCUT2D eigenvalue weighted by Crippen LogP contribution is 2.31. The lowest BCUT2D eigenvalue weighted by atomic mass is 10.1. The Balaban J connectivity index is 2.61. The minimum atomic E-state index is 0.127. The zero-order valence-corrected chi connectivity index (χ0v) is 9.62. The highest BCUT2D eigenvalue weighted by molar-refractivity contribution is 6.45. The van der Waals surface area contributed by atoms with E-state index in [1.54, 1.807) is 19.2 Å². The fourth-order valence-electron chi connectivity index (χ4n) is 1.61. The summed E-state index contributed by atoms with van der Waals surface area (Å²) in [5.74, 6) is 0.127. The van der Waals surface area contributed by atoms with Gasteiger partial charge in [-0.15, -0.1) is 0 Å². The largest absolute Gasteiger partial charge is 0.360 e. The van der Waals surface area contributed by atoms with Gasteiger partial charge in [-0.1, -0.05) is 29.3 Å². The number of rotatable bonds is 2. The van der Waals surface area contributed by atoms with E-state index in [2.05, 4.69) is 4.98 Å². The topological polar surface area (TPSA) is 32.9 Å². The van der Waals surface area contributed by atoms with E-state index in [9.17, 15) is 4.79 Å². The van der Waals surface area contributed by atoms with Gasteiger partial charge in [-0.3, -0.25) is 4.79 Å². The molecule has 2 nitrogen and oxygen atoms in total. The van der Waals surface area contributed by atoms with Crippen molar-refractivity contribution in [2.75, 3.05) is 0 Å². The number of Topliss-reactive ketones (excluding diaryl/α,β-unsaturated/α-hetero) is 1. The first-order valence-electron chi connectivity index (χ1n) is 4.53. The first-order valence-corrected chi connectivity index (χ1v) is 5.28. The van der Waals surface area contributed by atoms with E-state index in [1.165, 1.54) is 0 Å². The Morgan fingerprint density at radius 1 is 1.40 bits per heavy atom. The number of ketones is 1. The maximum Gasteiger partial charge on any atom is 0.134 e. The second-order valence-electron chi connectivity index (χ2n) is 3.48. The Hall–Kier alpha value is -0.990. The first kappa shape index (κ1) is 10.5. The number of halogens is 2. The summed E-state index contributed by atoms with van der Waals surface area (Å²) >= 11 is 11.9. The van der Waals surface area contributed by atoms with Crippen LogP contribution in [0.15, 0.2) is 18.3 Å². The van der Waals surface area contributed by atoms with Crippen molar-refractivity contribution in [1.82, 2.24) is 4.98 Å². The van der Waals surface area contributed by atoms with Gasteiger partial charge in [-0.05, 0) is 18.6 Å². The number of hydrogen-bond acceptors (Lipinski definition) is 1. The Bertz CT molecular complexity index is 531. The van der Waals surface area contributed by atoms with Crippen LogP contribution in [0.25, 0.3) is 10.9 Å². The molecular weight excluding hydrogens is 233 g/mol. The standard InChI is InChI=1S/C11H9Cl2NO/c1-6(15)4-7-5-14-11-8(7)2-3-9(12)10(11)13/h2-3,5,14H,4H2,1H3. The van der Waals surface area contributed by atoms with Gasteiger partial charge in [0, 0.05) is 18.0 Å².